The van der Waals surface area contributed by atoms with Crippen LogP contribution in [-0.4, -0.2) is 35.1 Å². The number of hydrogen-bond acceptors (Lipinski definition) is 4. The van der Waals surface area contributed by atoms with Gasteiger partial charge in [0.2, 0.25) is 5.91 Å². The van der Waals surface area contributed by atoms with Gasteiger partial charge in [-0.25, -0.2) is 4.79 Å². The van der Waals surface area contributed by atoms with E-state index in [4.69, 9.17) is 0 Å². The van der Waals surface area contributed by atoms with Gasteiger partial charge < -0.3 is 20.1 Å². The minimum atomic E-state index is -0.325. The summed E-state index contributed by atoms with van der Waals surface area (Å²) < 4.78 is 4.66. The molecule has 1 aromatic carbocycles. The summed E-state index contributed by atoms with van der Waals surface area (Å²) >= 11 is 0. The van der Waals surface area contributed by atoms with E-state index in [0.717, 1.165) is 23.2 Å². The van der Waals surface area contributed by atoms with Gasteiger partial charge in [-0.15, -0.1) is 0 Å². The number of nitrogens with zero attached hydrogens (tertiary/aromatic N) is 2. The molecule has 2 N–H and O–H groups in total. The Balaban J connectivity index is 2.01. The zero-order valence-electron chi connectivity index (χ0n) is 14.1. The van der Waals surface area contributed by atoms with Crippen molar-refractivity contribution in [3.63, 3.8) is 0 Å². The monoisotopic (exact) mass is 330 g/mol. The van der Waals surface area contributed by atoms with E-state index in [2.05, 4.69) is 20.3 Å². The third-order valence-corrected chi connectivity index (χ3v) is 3.67. The molecule has 24 heavy (non-hydrogen) atoms. The first-order chi connectivity index (χ1) is 11.5. The molecule has 1 aromatic heterocycles. The Morgan fingerprint density at radius 2 is 2.00 bits per heavy atom. The predicted molar refractivity (Wildman–Crippen MR) is 91.9 cm³/mol. The highest BCUT2D eigenvalue weighted by atomic mass is 16.5. The second-order valence-corrected chi connectivity index (χ2v) is 5.53. The van der Waals surface area contributed by atoms with Crippen LogP contribution in [0.15, 0.2) is 35.1 Å². The van der Waals surface area contributed by atoms with Gasteiger partial charge in [-0.3, -0.25) is 4.79 Å². The van der Waals surface area contributed by atoms with E-state index in [9.17, 15) is 9.59 Å². The maximum atomic E-state index is 12.5. The molecule has 2 aromatic rings. The molecular weight excluding hydrogens is 308 g/mol. The van der Waals surface area contributed by atoms with Gasteiger partial charge in [-0.2, -0.15) is 0 Å². The predicted octanol–water partition coefficient (Wildman–Crippen LogP) is 3.17. The molecule has 0 atom stereocenters. The molecule has 1 heterocycles. The minimum absolute atomic E-state index is 0.0581. The lowest BCUT2D eigenvalue weighted by Gasteiger charge is -2.22. The van der Waals surface area contributed by atoms with Crippen molar-refractivity contribution in [2.45, 2.75) is 27.2 Å². The third kappa shape index (κ3) is 4.58. The van der Waals surface area contributed by atoms with E-state index in [1.807, 2.05) is 39.0 Å². The van der Waals surface area contributed by atoms with Crippen molar-refractivity contribution < 1.29 is 14.1 Å². The first-order valence-electron chi connectivity index (χ1n) is 7.83. The molecule has 0 spiro atoms. The Kier molecular flexibility index (Phi) is 5.95. The summed E-state index contributed by atoms with van der Waals surface area (Å²) in [6.07, 6.45) is 2.12. The summed E-state index contributed by atoms with van der Waals surface area (Å²) in [6.45, 7) is 6.31. The quantitative estimate of drug-likeness (QED) is 0.851. The Bertz CT molecular complexity index is 698. The number of hydrogen-bond donors (Lipinski definition) is 2. The van der Waals surface area contributed by atoms with Gasteiger partial charge in [-0.1, -0.05) is 24.2 Å². The molecule has 0 fully saturated rings. The van der Waals surface area contributed by atoms with Gasteiger partial charge >= 0.3 is 6.03 Å². The van der Waals surface area contributed by atoms with Crippen LogP contribution in [0.25, 0.3) is 0 Å². The number of anilines is 2. The fraction of sp³-hybridized carbons (Fsp3) is 0.353. The van der Waals surface area contributed by atoms with Crippen molar-refractivity contribution in [2.24, 2.45) is 0 Å². The molecule has 7 nitrogen and oxygen atoms in total. The fourth-order valence-corrected chi connectivity index (χ4v) is 2.24. The van der Waals surface area contributed by atoms with E-state index >= 15 is 0 Å². The molecule has 0 aliphatic heterocycles. The van der Waals surface area contributed by atoms with Crippen molar-refractivity contribution >= 4 is 23.4 Å². The number of carbonyl (C=O) groups excluding carboxylic acids is 2. The van der Waals surface area contributed by atoms with Gasteiger partial charge in [-0.05, 0) is 37.5 Å². The van der Waals surface area contributed by atoms with Crippen LogP contribution >= 0.6 is 0 Å². The van der Waals surface area contributed by atoms with Crippen molar-refractivity contribution in [3.05, 3.63) is 41.7 Å². The normalized spacial score (nSPS) is 10.3. The lowest BCUT2D eigenvalue weighted by atomic mass is 10.1. The van der Waals surface area contributed by atoms with Crippen LogP contribution in [0, 0.1) is 13.8 Å². The molecule has 0 saturated carbocycles. The van der Waals surface area contributed by atoms with E-state index in [1.165, 1.54) is 17.2 Å². The molecule has 0 aliphatic carbocycles. The van der Waals surface area contributed by atoms with Crippen LogP contribution in [0.4, 0.5) is 16.3 Å². The zero-order valence-corrected chi connectivity index (χ0v) is 14.1. The molecule has 2 rings (SSSR count). The van der Waals surface area contributed by atoms with E-state index < -0.39 is 0 Å². The molecule has 0 bridgehead atoms. The average Bonchev–Trinajstić information content (AvgIpc) is 3.04. The summed E-state index contributed by atoms with van der Waals surface area (Å²) in [4.78, 5) is 26.0. The van der Waals surface area contributed by atoms with Gasteiger partial charge in [0.25, 0.3) is 0 Å². The molecule has 0 aliphatic rings. The topological polar surface area (TPSA) is 87.5 Å². The number of nitrogens with one attached hydrogen (secondary N) is 2. The number of benzene rings is 1. The van der Waals surface area contributed by atoms with Gasteiger partial charge in [0.05, 0.1) is 0 Å². The maximum absolute atomic E-state index is 12.5. The van der Waals surface area contributed by atoms with Crippen LogP contribution in [0.2, 0.25) is 0 Å². The molecule has 3 amide bonds. The second kappa shape index (κ2) is 8.14. The van der Waals surface area contributed by atoms with E-state index in [0.29, 0.717) is 12.4 Å². The largest absolute Gasteiger partial charge is 0.363 e. The van der Waals surface area contributed by atoms with Crippen molar-refractivity contribution in [1.82, 2.24) is 10.1 Å². The highest BCUT2D eigenvalue weighted by Gasteiger charge is 2.18. The van der Waals surface area contributed by atoms with Crippen molar-refractivity contribution in [2.75, 3.05) is 23.7 Å². The minimum Gasteiger partial charge on any atom is -0.363 e. The third-order valence-electron chi connectivity index (χ3n) is 3.67. The van der Waals surface area contributed by atoms with Crippen LogP contribution in [0.5, 0.6) is 0 Å². The van der Waals surface area contributed by atoms with Crippen LogP contribution in [-0.2, 0) is 4.79 Å². The number of amides is 3. The first kappa shape index (κ1) is 17.5. The SMILES string of the molecule is CCCN(CC(=O)Nc1ccon1)C(=O)Nc1cccc(C)c1C. The fourth-order valence-electron chi connectivity index (χ4n) is 2.24. The van der Waals surface area contributed by atoms with Gasteiger partial charge in [0, 0.05) is 18.3 Å². The lowest BCUT2D eigenvalue weighted by Crippen LogP contribution is -2.41. The first-order valence-corrected chi connectivity index (χ1v) is 7.83. The average molecular weight is 330 g/mol. The second-order valence-electron chi connectivity index (χ2n) is 5.53. The Hall–Kier alpha value is -2.83. The molecule has 0 radical (unpaired) electrons. The lowest BCUT2D eigenvalue weighted by molar-refractivity contribution is -0.116. The van der Waals surface area contributed by atoms with Crippen LogP contribution in [0.1, 0.15) is 24.5 Å². The summed E-state index contributed by atoms with van der Waals surface area (Å²) in [6, 6.07) is 6.96. The number of urea groups is 1. The molecule has 0 unspecified atom stereocenters. The summed E-state index contributed by atoms with van der Waals surface area (Å²) in [5.41, 5.74) is 2.85. The molecule has 128 valence electrons. The van der Waals surface area contributed by atoms with E-state index in [1.54, 1.807) is 0 Å². The number of carbonyl (C=O) groups is 2. The number of aromatic nitrogens is 1. The standard InChI is InChI=1S/C17H22N4O3/c1-4-9-21(11-16(22)19-15-8-10-24-20-15)17(23)18-14-7-5-6-12(2)13(14)3/h5-8,10H,4,9,11H2,1-3H3,(H,18,23)(H,19,20,22). The summed E-state index contributed by atoms with van der Waals surface area (Å²) in [7, 11) is 0. The van der Waals surface area contributed by atoms with Gasteiger partial charge in [0.15, 0.2) is 5.82 Å². The van der Waals surface area contributed by atoms with Gasteiger partial charge in [0.1, 0.15) is 12.8 Å². The molecule has 7 heteroatoms. The van der Waals surface area contributed by atoms with E-state index in [-0.39, 0.29) is 18.5 Å². The van der Waals surface area contributed by atoms with Crippen LogP contribution in [0.3, 0.4) is 0 Å². The summed E-state index contributed by atoms with van der Waals surface area (Å²) in [5.74, 6) is -0.000139. The molecule has 0 saturated heterocycles. The summed E-state index contributed by atoms with van der Waals surface area (Å²) in [5, 5.41) is 9.07. The Labute approximate surface area is 141 Å². The number of aryl methyl sites for hydroxylation is 1. The molecular formula is C17H22N4O3. The van der Waals surface area contributed by atoms with Crippen molar-refractivity contribution in [1.29, 1.82) is 0 Å². The Morgan fingerprint density at radius 1 is 1.21 bits per heavy atom. The van der Waals surface area contributed by atoms with Crippen LogP contribution < -0.4 is 10.6 Å². The smallest absolute Gasteiger partial charge is 0.322 e. The number of rotatable bonds is 6. The maximum Gasteiger partial charge on any atom is 0.322 e. The van der Waals surface area contributed by atoms with Crippen molar-refractivity contribution in [3.8, 4) is 0 Å². The highest BCUT2D eigenvalue weighted by Crippen LogP contribution is 2.18. The Morgan fingerprint density at radius 3 is 2.67 bits per heavy atom. The highest BCUT2D eigenvalue weighted by molar-refractivity contribution is 5.96. The zero-order chi connectivity index (χ0) is 17.5.